The highest BCUT2D eigenvalue weighted by atomic mass is 16.5. The van der Waals surface area contributed by atoms with Crippen molar-refractivity contribution in [2.24, 2.45) is 0 Å². The van der Waals surface area contributed by atoms with Gasteiger partial charge in [0, 0.05) is 22.8 Å². The quantitative estimate of drug-likeness (QED) is 0.337. The van der Waals surface area contributed by atoms with E-state index < -0.39 is 0 Å². The van der Waals surface area contributed by atoms with Crippen LogP contribution in [0.25, 0.3) is 22.4 Å². The minimum atomic E-state index is 0.0598. The van der Waals surface area contributed by atoms with Gasteiger partial charge in [-0.2, -0.15) is 0 Å². The van der Waals surface area contributed by atoms with Crippen LogP contribution >= 0.6 is 0 Å². The zero-order chi connectivity index (χ0) is 22.6. The van der Waals surface area contributed by atoms with Gasteiger partial charge in [0.15, 0.2) is 0 Å². The summed E-state index contributed by atoms with van der Waals surface area (Å²) >= 11 is 0. The highest BCUT2D eigenvalue weighted by molar-refractivity contribution is 6.98. The summed E-state index contributed by atoms with van der Waals surface area (Å²) in [5.41, 5.74) is 8.80. The molecule has 0 amide bonds. The van der Waals surface area contributed by atoms with Crippen LogP contribution in [-0.2, 0) is 0 Å². The molecule has 1 aromatic heterocycles. The number of fused-ring (bicyclic) bond motifs is 4. The Labute approximate surface area is 198 Å². The smallest absolute Gasteiger partial charge is 0.260 e. The third-order valence-electron chi connectivity index (χ3n) is 6.80. The molecule has 3 heterocycles. The van der Waals surface area contributed by atoms with Gasteiger partial charge in [0.25, 0.3) is 6.71 Å². The molecular formula is C30H20BNO2. The van der Waals surface area contributed by atoms with Crippen LogP contribution in [0.15, 0.2) is 103 Å². The summed E-state index contributed by atoms with van der Waals surface area (Å²) in [7, 11) is 0. The van der Waals surface area contributed by atoms with Gasteiger partial charge in [-0.05, 0) is 59.3 Å². The number of aryl methyl sites for hydroxylation is 1. The summed E-state index contributed by atoms with van der Waals surface area (Å²) in [4.78, 5) is 4.87. The predicted octanol–water partition coefficient (Wildman–Crippen LogP) is 5.45. The molecule has 2 aliphatic heterocycles. The first-order valence-corrected chi connectivity index (χ1v) is 11.5. The molecule has 0 unspecified atom stereocenters. The monoisotopic (exact) mass is 437 g/mol. The second-order valence-electron chi connectivity index (χ2n) is 8.82. The van der Waals surface area contributed by atoms with E-state index in [0.29, 0.717) is 0 Å². The number of hydrogen-bond donors (Lipinski definition) is 0. The Hall–Kier alpha value is -4.31. The van der Waals surface area contributed by atoms with Crippen molar-refractivity contribution in [2.45, 2.75) is 6.92 Å². The van der Waals surface area contributed by atoms with E-state index in [9.17, 15) is 0 Å². The second-order valence-corrected chi connectivity index (χ2v) is 8.82. The maximum absolute atomic E-state index is 6.56. The Kier molecular flexibility index (Phi) is 4.15. The van der Waals surface area contributed by atoms with Gasteiger partial charge in [0.05, 0.1) is 5.69 Å². The van der Waals surface area contributed by atoms with E-state index >= 15 is 0 Å². The van der Waals surface area contributed by atoms with Crippen LogP contribution < -0.4 is 25.9 Å². The van der Waals surface area contributed by atoms with Crippen molar-refractivity contribution in [3.8, 4) is 45.4 Å². The maximum atomic E-state index is 6.56. The van der Waals surface area contributed by atoms with Gasteiger partial charge >= 0.3 is 0 Å². The van der Waals surface area contributed by atoms with Crippen molar-refractivity contribution in [3.63, 3.8) is 0 Å². The van der Waals surface area contributed by atoms with Crippen LogP contribution in [0.2, 0.25) is 0 Å². The Morgan fingerprint density at radius 3 is 2.21 bits per heavy atom. The van der Waals surface area contributed by atoms with Gasteiger partial charge in [0.2, 0.25) is 0 Å². The highest BCUT2D eigenvalue weighted by Gasteiger charge is 2.40. The van der Waals surface area contributed by atoms with Crippen LogP contribution in [0.4, 0.5) is 0 Å². The summed E-state index contributed by atoms with van der Waals surface area (Å²) in [6, 6.07) is 33.2. The lowest BCUT2D eigenvalue weighted by atomic mass is 9.34. The summed E-state index contributed by atoms with van der Waals surface area (Å²) in [6.45, 7) is 2.20. The van der Waals surface area contributed by atoms with E-state index in [1.165, 1.54) is 11.1 Å². The zero-order valence-electron chi connectivity index (χ0n) is 18.7. The molecule has 0 saturated carbocycles. The molecule has 0 aliphatic carbocycles. The van der Waals surface area contributed by atoms with Crippen molar-refractivity contribution >= 4 is 23.1 Å². The summed E-state index contributed by atoms with van der Waals surface area (Å²) in [5.74, 6) is 3.47. The number of rotatable bonds is 2. The van der Waals surface area contributed by atoms with E-state index in [1.807, 2.05) is 42.6 Å². The number of para-hydroxylation sites is 2. The predicted molar refractivity (Wildman–Crippen MR) is 138 cm³/mol. The summed E-state index contributed by atoms with van der Waals surface area (Å²) < 4.78 is 12.8. The fraction of sp³-hybridized carbons (Fsp3) is 0.0333. The molecule has 0 atom stereocenters. The van der Waals surface area contributed by atoms with Crippen molar-refractivity contribution < 1.29 is 9.47 Å². The molecule has 7 rings (SSSR count). The molecule has 0 spiro atoms. The van der Waals surface area contributed by atoms with Gasteiger partial charge < -0.3 is 9.47 Å². The molecule has 0 N–H and O–H groups in total. The number of benzene rings is 4. The van der Waals surface area contributed by atoms with E-state index in [4.69, 9.17) is 14.5 Å². The number of hydrogen-bond acceptors (Lipinski definition) is 3. The first-order valence-electron chi connectivity index (χ1n) is 11.5. The first-order chi connectivity index (χ1) is 16.8. The lowest BCUT2D eigenvalue weighted by Gasteiger charge is -2.33. The lowest BCUT2D eigenvalue weighted by molar-refractivity contribution is 0.465. The van der Waals surface area contributed by atoms with Gasteiger partial charge in [-0.25, -0.2) is 0 Å². The van der Waals surface area contributed by atoms with Crippen molar-refractivity contribution in [1.29, 1.82) is 0 Å². The largest absolute Gasteiger partial charge is 0.458 e. The SMILES string of the molecule is Cc1cc(-c2cccc3c2Oc2cccc4c2B3c2ccccc2O4)ncc1-c1ccccc1. The van der Waals surface area contributed by atoms with Gasteiger partial charge in [-0.3, -0.25) is 4.98 Å². The van der Waals surface area contributed by atoms with Crippen molar-refractivity contribution in [2.75, 3.05) is 0 Å². The topological polar surface area (TPSA) is 31.4 Å². The zero-order valence-corrected chi connectivity index (χ0v) is 18.7. The molecule has 3 nitrogen and oxygen atoms in total. The Bertz CT molecular complexity index is 1580. The van der Waals surface area contributed by atoms with Crippen LogP contribution in [0.1, 0.15) is 5.56 Å². The van der Waals surface area contributed by atoms with Crippen LogP contribution in [0.3, 0.4) is 0 Å². The first kappa shape index (κ1) is 19.2. The molecule has 34 heavy (non-hydrogen) atoms. The maximum Gasteiger partial charge on any atom is 0.260 e. The third kappa shape index (κ3) is 2.82. The number of aromatic nitrogens is 1. The Morgan fingerprint density at radius 1 is 0.647 bits per heavy atom. The van der Waals surface area contributed by atoms with Crippen LogP contribution in [0.5, 0.6) is 23.0 Å². The van der Waals surface area contributed by atoms with E-state index in [1.54, 1.807) is 0 Å². The molecule has 4 heteroatoms. The fourth-order valence-corrected chi connectivity index (χ4v) is 5.23. The minimum absolute atomic E-state index is 0.0598. The lowest BCUT2D eigenvalue weighted by Crippen LogP contribution is -2.57. The fourth-order valence-electron chi connectivity index (χ4n) is 5.23. The van der Waals surface area contributed by atoms with Gasteiger partial charge in [-0.15, -0.1) is 0 Å². The van der Waals surface area contributed by atoms with Gasteiger partial charge in [-0.1, -0.05) is 66.7 Å². The molecule has 5 aromatic rings. The molecule has 0 fully saturated rings. The Balaban J connectivity index is 1.41. The van der Waals surface area contributed by atoms with E-state index in [0.717, 1.165) is 56.2 Å². The van der Waals surface area contributed by atoms with Gasteiger partial charge in [0.1, 0.15) is 23.0 Å². The molecule has 0 radical (unpaired) electrons. The van der Waals surface area contributed by atoms with Crippen LogP contribution in [-0.4, -0.2) is 11.7 Å². The molecule has 0 saturated heterocycles. The number of ether oxygens (including phenoxy) is 2. The summed E-state index contributed by atoms with van der Waals surface area (Å²) in [5, 5.41) is 0. The number of nitrogens with zero attached hydrogens (tertiary/aromatic N) is 1. The average Bonchev–Trinajstić information content (AvgIpc) is 2.88. The molecular weight excluding hydrogens is 417 g/mol. The molecule has 4 aromatic carbocycles. The Morgan fingerprint density at radius 2 is 1.35 bits per heavy atom. The molecule has 160 valence electrons. The molecule has 0 bridgehead atoms. The standard InChI is InChI=1S/C30H20BNO2/c1-19-17-25(32-18-22(19)20-9-3-2-4-10-20)21-11-7-13-24-30(21)34-28-16-8-15-27-29(28)31(24)23-12-5-6-14-26(23)33-27/h2-18H,1H3. The third-order valence-corrected chi connectivity index (χ3v) is 6.80. The van der Waals surface area contributed by atoms with Crippen molar-refractivity contribution in [3.05, 3.63) is 109 Å². The number of pyridine rings is 1. The highest BCUT2D eigenvalue weighted by Crippen LogP contribution is 2.39. The second kappa shape index (κ2) is 7.36. The average molecular weight is 437 g/mol. The van der Waals surface area contributed by atoms with Crippen molar-refractivity contribution in [1.82, 2.24) is 4.98 Å². The normalized spacial score (nSPS) is 12.7. The van der Waals surface area contributed by atoms with Crippen LogP contribution in [0, 0.1) is 6.92 Å². The van der Waals surface area contributed by atoms with E-state index in [2.05, 4.69) is 67.6 Å². The van der Waals surface area contributed by atoms with E-state index in [-0.39, 0.29) is 6.71 Å². The summed E-state index contributed by atoms with van der Waals surface area (Å²) in [6.07, 6.45) is 1.97. The minimum Gasteiger partial charge on any atom is -0.458 e. The molecule has 2 aliphatic rings.